The molecule has 3 rings (SSSR count). The third kappa shape index (κ3) is 5.13. The van der Waals surface area contributed by atoms with E-state index in [0.29, 0.717) is 19.6 Å². The molecule has 166 valence electrons. The van der Waals surface area contributed by atoms with Gasteiger partial charge in [0.25, 0.3) is 0 Å². The van der Waals surface area contributed by atoms with E-state index in [0.717, 1.165) is 30.7 Å². The third-order valence-corrected chi connectivity index (χ3v) is 6.89. The fourth-order valence-corrected chi connectivity index (χ4v) is 4.95. The average Bonchev–Trinajstić information content (AvgIpc) is 2.99. The fourth-order valence-electron chi connectivity index (χ4n) is 4.69. The number of ketones is 1. The predicted octanol–water partition coefficient (Wildman–Crippen LogP) is 3.19. The number of nitrogens with zero attached hydrogens (tertiary/aromatic N) is 3. The van der Waals surface area contributed by atoms with Gasteiger partial charge in [-0.25, -0.2) is 0 Å². The summed E-state index contributed by atoms with van der Waals surface area (Å²) >= 11 is 3.50. The number of hydrogen-bond acceptors (Lipinski definition) is 6. The zero-order valence-electron chi connectivity index (χ0n) is 18.7. The van der Waals surface area contributed by atoms with Crippen LogP contribution in [-0.2, 0) is 14.3 Å². The fraction of sp³-hybridized carbons (Fsp3) is 0.652. The minimum atomic E-state index is -0.652. The summed E-state index contributed by atoms with van der Waals surface area (Å²) in [6, 6.07) is 8.20. The van der Waals surface area contributed by atoms with E-state index in [1.54, 1.807) is 0 Å². The quantitative estimate of drug-likeness (QED) is 0.461. The van der Waals surface area contributed by atoms with Gasteiger partial charge in [0.05, 0.1) is 5.60 Å². The number of carbonyl (C=O) groups is 2. The Morgan fingerprint density at radius 1 is 1.20 bits per heavy atom. The maximum Gasteiger partial charge on any atom is 0.215 e. The molecule has 0 amide bonds. The Balaban J connectivity index is 1.71. The first kappa shape index (κ1) is 23.4. The lowest BCUT2D eigenvalue weighted by atomic mass is 9.84. The molecule has 1 aromatic carbocycles. The van der Waals surface area contributed by atoms with E-state index >= 15 is 0 Å². The lowest BCUT2D eigenvalue weighted by Gasteiger charge is -2.46. The molecule has 0 aromatic heterocycles. The van der Waals surface area contributed by atoms with Gasteiger partial charge in [0.1, 0.15) is 12.8 Å². The number of hydrogen-bond donors (Lipinski definition) is 0. The maximum absolute atomic E-state index is 12.4. The second-order valence-corrected chi connectivity index (χ2v) is 10.9. The number of benzene rings is 1. The largest absolute Gasteiger partial charge is 0.369 e. The van der Waals surface area contributed by atoms with Gasteiger partial charge in [-0.2, -0.15) is 0 Å². The van der Waals surface area contributed by atoms with Crippen molar-refractivity contribution >= 4 is 33.7 Å². The Labute approximate surface area is 188 Å². The number of piperazine rings is 1. The molecule has 0 radical (unpaired) electrons. The number of rotatable bonds is 6. The van der Waals surface area contributed by atoms with E-state index < -0.39 is 17.4 Å². The van der Waals surface area contributed by atoms with E-state index in [2.05, 4.69) is 70.8 Å². The van der Waals surface area contributed by atoms with Gasteiger partial charge in [0.2, 0.25) is 5.78 Å². The standard InChI is InChI=1S/C23H34BrN3O3/c1-22(2,3)20(14-27-16-30-23(4,5)21(27)19(29)15-28)26-12-10-25(11-13-26)18-8-6-17(24)7-9-18/h6-9,15,20-21H,10-14,16H2,1-5H3. The highest BCUT2D eigenvalue weighted by Gasteiger charge is 2.48. The molecule has 0 aliphatic carbocycles. The summed E-state index contributed by atoms with van der Waals surface area (Å²) in [6.45, 7) is 15.5. The first-order valence-corrected chi connectivity index (χ1v) is 11.4. The molecule has 0 saturated carbocycles. The van der Waals surface area contributed by atoms with Crippen LogP contribution in [0.4, 0.5) is 5.69 Å². The molecule has 2 unspecified atom stereocenters. The predicted molar refractivity (Wildman–Crippen MR) is 123 cm³/mol. The second-order valence-electron chi connectivity index (χ2n) is 9.95. The van der Waals surface area contributed by atoms with Crippen molar-refractivity contribution in [2.45, 2.75) is 52.3 Å². The topological polar surface area (TPSA) is 53.1 Å². The molecule has 2 fully saturated rings. The lowest BCUT2D eigenvalue weighted by molar-refractivity contribution is -0.135. The first-order chi connectivity index (χ1) is 14.0. The van der Waals surface area contributed by atoms with Crippen LogP contribution in [-0.4, -0.2) is 79.0 Å². The van der Waals surface area contributed by atoms with E-state index in [4.69, 9.17) is 4.74 Å². The minimum Gasteiger partial charge on any atom is -0.369 e. The van der Waals surface area contributed by atoms with Gasteiger partial charge in [-0.3, -0.25) is 19.4 Å². The van der Waals surface area contributed by atoms with Gasteiger partial charge < -0.3 is 9.64 Å². The zero-order chi connectivity index (χ0) is 22.1. The van der Waals surface area contributed by atoms with Crippen LogP contribution in [0.25, 0.3) is 0 Å². The van der Waals surface area contributed by atoms with Crippen molar-refractivity contribution in [2.24, 2.45) is 5.41 Å². The molecular weight excluding hydrogens is 446 g/mol. The van der Waals surface area contributed by atoms with Crippen molar-refractivity contribution in [3.8, 4) is 0 Å². The maximum atomic E-state index is 12.4. The molecule has 7 heteroatoms. The van der Waals surface area contributed by atoms with Crippen molar-refractivity contribution in [1.82, 2.24) is 9.80 Å². The molecule has 2 heterocycles. The summed E-state index contributed by atoms with van der Waals surface area (Å²) < 4.78 is 6.98. The van der Waals surface area contributed by atoms with Crippen LogP contribution < -0.4 is 4.90 Å². The summed E-state index contributed by atoms with van der Waals surface area (Å²) in [7, 11) is 0. The number of ether oxygens (including phenoxy) is 1. The van der Waals surface area contributed by atoms with Crippen LogP contribution in [0.1, 0.15) is 34.6 Å². The number of aldehydes is 1. The molecule has 2 atom stereocenters. The van der Waals surface area contributed by atoms with Crippen molar-refractivity contribution in [2.75, 3.05) is 44.4 Å². The zero-order valence-corrected chi connectivity index (χ0v) is 20.3. The molecule has 2 saturated heterocycles. The van der Waals surface area contributed by atoms with Crippen LogP contribution in [0.3, 0.4) is 0 Å². The van der Waals surface area contributed by atoms with Gasteiger partial charge in [0.15, 0.2) is 6.29 Å². The van der Waals surface area contributed by atoms with Crippen LogP contribution in [0.5, 0.6) is 0 Å². The smallest absolute Gasteiger partial charge is 0.215 e. The number of halogens is 1. The number of anilines is 1. The number of carbonyl (C=O) groups excluding carboxylic acids is 2. The summed E-state index contributed by atoms with van der Waals surface area (Å²) in [6.07, 6.45) is 0.442. The highest BCUT2D eigenvalue weighted by atomic mass is 79.9. The van der Waals surface area contributed by atoms with E-state index in [1.165, 1.54) is 5.69 Å². The summed E-state index contributed by atoms with van der Waals surface area (Å²) in [5.41, 5.74) is 0.624. The van der Waals surface area contributed by atoms with E-state index in [1.807, 2.05) is 18.7 Å². The molecule has 6 nitrogen and oxygen atoms in total. The Morgan fingerprint density at radius 3 is 2.33 bits per heavy atom. The Hall–Kier alpha value is -1.28. The molecule has 2 aliphatic rings. The minimum absolute atomic E-state index is 0.0291. The summed E-state index contributed by atoms with van der Waals surface area (Å²) in [4.78, 5) is 30.6. The molecular formula is C23H34BrN3O3. The van der Waals surface area contributed by atoms with Gasteiger partial charge in [0, 0.05) is 48.9 Å². The Morgan fingerprint density at radius 2 is 1.80 bits per heavy atom. The molecule has 0 bridgehead atoms. The van der Waals surface area contributed by atoms with Crippen LogP contribution >= 0.6 is 15.9 Å². The molecule has 2 aliphatic heterocycles. The highest BCUT2D eigenvalue weighted by Crippen LogP contribution is 2.33. The second kappa shape index (κ2) is 9.07. The highest BCUT2D eigenvalue weighted by molar-refractivity contribution is 9.10. The van der Waals surface area contributed by atoms with Crippen LogP contribution in [0.15, 0.2) is 28.7 Å². The number of Topliss-reactive ketones (excluding diaryl/α,β-unsaturated/α-hetero) is 1. The SMILES string of the molecule is CC(C)(C)C(CN1COC(C)(C)C1C(=O)C=O)N1CCN(c2ccc(Br)cc2)CC1. The van der Waals surface area contributed by atoms with E-state index in [9.17, 15) is 9.59 Å². The van der Waals surface area contributed by atoms with E-state index in [-0.39, 0.29) is 11.5 Å². The van der Waals surface area contributed by atoms with Gasteiger partial charge in [-0.05, 0) is 43.5 Å². The molecule has 1 aromatic rings. The first-order valence-electron chi connectivity index (χ1n) is 10.6. The summed E-state index contributed by atoms with van der Waals surface area (Å²) in [5.74, 6) is -0.398. The summed E-state index contributed by atoms with van der Waals surface area (Å²) in [5, 5.41) is 0. The van der Waals surface area contributed by atoms with Crippen LogP contribution in [0, 0.1) is 5.41 Å². The average molecular weight is 480 g/mol. The third-order valence-electron chi connectivity index (χ3n) is 6.37. The van der Waals surface area contributed by atoms with Crippen molar-refractivity contribution < 1.29 is 14.3 Å². The molecule has 30 heavy (non-hydrogen) atoms. The molecule has 0 N–H and O–H groups in total. The monoisotopic (exact) mass is 479 g/mol. The Bertz CT molecular complexity index is 752. The van der Waals surface area contributed by atoms with Crippen LogP contribution in [0.2, 0.25) is 0 Å². The van der Waals surface area contributed by atoms with Crippen molar-refractivity contribution in [3.05, 3.63) is 28.7 Å². The van der Waals surface area contributed by atoms with Crippen molar-refractivity contribution in [1.29, 1.82) is 0 Å². The van der Waals surface area contributed by atoms with Gasteiger partial charge in [-0.1, -0.05) is 36.7 Å². The molecule has 0 spiro atoms. The van der Waals surface area contributed by atoms with Gasteiger partial charge >= 0.3 is 0 Å². The Kier molecular flexibility index (Phi) is 7.07. The normalized spacial score (nSPS) is 24.1. The lowest BCUT2D eigenvalue weighted by Crippen LogP contribution is -2.59. The van der Waals surface area contributed by atoms with Crippen molar-refractivity contribution in [3.63, 3.8) is 0 Å². The van der Waals surface area contributed by atoms with Gasteiger partial charge in [-0.15, -0.1) is 0 Å².